The maximum Gasteiger partial charge on any atom is 0.329 e. The first kappa shape index (κ1) is 16.1. The quantitative estimate of drug-likeness (QED) is 0.750. The molecule has 0 spiro atoms. The third kappa shape index (κ3) is 5.81. The Morgan fingerprint density at radius 2 is 2.00 bits per heavy atom. The number of hydrogen-bond donors (Lipinski definition) is 3. The predicted molar refractivity (Wildman–Crippen MR) is 74.5 cm³/mol. The minimum atomic E-state index is -1.19. The lowest BCUT2D eigenvalue weighted by atomic mass is 10.2. The molecule has 0 fully saturated rings. The number of aryl methyl sites for hydroxylation is 1. The van der Waals surface area contributed by atoms with Gasteiger partial charge in [-0.05, 0) is 40.5 Å². The molecule has 0 aromatic heterocycles. The molecule has 20 heavy (non-hydrogen) atoms. The van der Waals surface area contributed by atoms with Gasteiger partial charge in [0, 0.05) is 4.47 Å². The van der Waals surface area contributed by atoms with Crippen molar-refractivity contribution in [2.45, 2.75) is 6.92 Å². The summed E-state index contributed by atoms with van der Waals surface area (Å²) in [5.74, 6) is -1.92. The van der Waals surface area contributed by atoms with Crippen LogP contribution in [0.1, 0.15) is 5.56 Å². The fourth-order valence-corrected chi connectivity index (χ4v) is 1.63. The Kier molecular flexibility index (Phi) is 6.13. The SMILES string of the molecule is Cc1ccc(Br)c(NC(=O)NC(=O)COCC(=O)O)c1. The molecule has 0 aliphatic rings. The molecular weight excluding hydrogens is 332 g/mol. The normalized spacial score (nSPS) is 9.90. The van der Waals surface area contributed by atoms with Crippen LogP contribution < -0.4 is 10.6 Å². The highest BCUT2D eigenvalue weighted by Gasteiger charge is 2.10. The first-order valence-corrected chi connectivity index (χ1v) is 6.34. The van der Waals surface area contributed by atoms with E-state index in [1.54, 1.807) is 12.1 Å². The summed E-state index contributed by atoms with van der Waals surface area (Å²) in [4.78, 5) is 33.0. The summed E-state index contributed by atoms with van der Waals surface area (Å²) < 4.78 is 5.22. The third-order valence-electron chi connectivity index (χ3n) is 2.08. The fourth-order valence-electron chi connectivity index (χ4n) is 1.28. The van der Waals surface area contributed by atoms with E-state index in [-0.39, 0.29) is 0 Å². The van der Waals surface area contributed by atoms with E-state index in [2.05, 4.69) is 26.0 Å². The third-order valence-corrected chi connectivity index (χ3v) is 2.77. The monoisotopic (exact) mass is 344 g/mol. The first-order chi connectivity index (χ1) is 9.38. The highest BCUT2D eigenvalue weighted by Crippen LogP contribution is 2.23. The number of halogens is 1. The van der Waals surface area contributed by atoms with Crippen LogP contribution in [0, 0.1) is 6.92 Å². The Labute approximate surface area is 123 Å². The topological polar surface area (TPSA) is 105 Å². The van der Waals surface area contributed by atoms with Crippen molar-refractivity contribution in [3.63, 3.8) is 0 Å². The molecule has 1 aromatic rings. The Morgan fingerprint density at radius 1 is 1.30 bits per heavy atom. The summed E-state index contributed by atoms with van der Waals surface area (Å²) in [6.45, 7) is 0.758. The fraction of sp³-hybridized carbons (Fsp3) is 0.250. The number of imide groups is 1. The number of ether oxygens (including phenoxy) is 1. The minimum Gasteiger partial charge on any atom is -0.480 e. The largest absolute Gasteiger partial charge is 0.480 e. The molecule has 3 N–H and O–H groups in total. The number of urea groups is 1. The molecule has 108 valence electrons. The zero-order valence-corrected chi connectivity index (χ0v) is 12.2. The Morgan fingerprint density at radius 3 is 2.65 bits per heavy atom. The van der Waals surface area contributed by atoms with E-state index >= 15 is 0 Å². The number of carbonyl (C=O) groups is 3. The molecule has 0 unspecified atom stereocenters. The van der Waals surface area contributed by atoms with Gasteiger partial charge in [-0.25, -0.2) is 9.59 Å². The number of carboxylic acid groups (broad SMARTS) is 1. The van der Waals surface area contributed by atoms with Crippen molar-refractivity contribution in [1.29, 1.82) is 0 Å². The van der Waals surface area contributed by atoms with Gasteiger partial charge in [-0.3, -0.25) is 10.1 Å². The molecule has 0 aliphatic carbocycles. The highest BCUT2D eigenvalue weighted by atomic mass is 79.9. The van der Waals surface area contributed by atoms with Crippen LogP contribution in [0.2, 0.25) is 0 Å². The summed E-state index contributed by atoms with van der Waals surface area (Å²) in [6.07, 6.45) is 0. The van der Waals surface area contributed by atoms with E-state index in [1.807, 2.05) is 18.3 Å². The van der Waals surface area contributed by atoms with Crippen LogP contribution in [0.5, 0.6) is 0 Å². The molecule has 0 atom stereocenters. The number of anilines is 1. The van der Waals surface area contributed by atoms with Gasteiger partial charge >= 0.3 is 12.0 Å². The Hall–Kier alpha value is -1.93. The Bertz CT molecular complexity index is 533. The number of amides is 3. The van der Waals surface area contributed by atoms with E-state index < -0.39 is 31.1 Å². The molecular formula is C12H13BrN2O5. The van der Waals surface area contributed by atoms with Crippen LogP contribution in [0.15, 0.2) is 22.7 Å². The lowest BCUT2D eigenvalue weighted by Crippen LogP contribution is -2.37. The molecule has 0 saturated carbocycles. The molecule has 1 aromatic carbocycles. The van der Waals surface area contributed by atoms with E-state index in [4.69, 9.17) is 5.11 Å². The molecule has 3 amide bonds. The summed E-state index contributed by atoms with van der Waals surface area (Å²) in [7, 11) is 0. The second-order valence-electron chi connectivity index (χ2n) is 3.87. The first-order valence-electron chi connectivity index (χ1n) is 5.55. The number of benzene rings is 1. The van der Waals surface area contributed by atoms with Crippen LogP contribution in [0.25, 0.3) is 0 Å². The van der Waals surface area contributed by atoms with Crippen LogP contribution in [-0.4, -0.2) is 36.2 Å². The van der Waals surface area contributed by atoms with Gasteiger partial charge in [-0.15, -0.1) is 0 Å². The summed E-state index contributed by atoms with van der Waals surface area (Å²) in [5.41, 5.74) is 1.46. The minimum absolute atomic E-state index is 0.505. The molecule has 0 radical (unpaired) electrons. The van der Waals surface area contributed by atoms with Crippen molar-refractivity contribution in [2.24, 2.45) is 0 Å². The number of carboxylic acids is 1. The van der Waals surface area contributed by atoms with Crippen LogP contribution in [-0.2, 0) is 14.3 Å². The van der Waals surface area contributed by atoms with Gasteiger partial charge in [-0.2, -0.15) is 0 Å². The number of rotatable bonds is 5. The van der Waals surface area contributed by atoms with Gasteiger partial charge in [0.2, 0.25) is 0 Å². The maximum atomic E-state index is 11.5. The molecule has 1 rings (SSSR count). The summed E-state index contributed by atoms with van der Waals surface area (Å²) >= 11 is 3.27. The zero-order chi connectivity index (χ0) is 15.1. The standard InChI is InChI=1S/C12H13BrN2O5/c1-7-2-3-8(13)9(4-7)14-12(19)15-10(16)5-20-6-11(17)18/h2-4H,5-6H2,1H3,(H,17,18)(H2,14,15,16,19). The second kappa shape index (κ2) is 7.61. The molecule has 0 bridgehead atoms. The van der Waals surface area contributed by atoms with Gasteiger partial charge in [-0.1, -0.05) is 6.07 Å². The van der Waals surface area contributed by atoms with Crippen molar-refractivity contribution < 1.29 is 24.2 Å². The van der Waals surface area contributed by atoms with Gasteiger partial charge in [0.1, 0.15) is 13.2 Å². The maximum absolute atomic E-state index is 11.5. The molecule has 0 saturated heterocycles. The zero-order valence-electron chi connectivity index (χ0n) is 10.6. The number of hydrogen-bond acceptors (Lipinski definition) is 4. The summed E-state index contributed by atoms with van der Waals surface area (Å²) in [6, 6.07) is 4.63. The van der Waals surface area contributed by atoms with Gasteiger partial charge in [0.05, 0.1) is 5.69 Å². The second-order valence-corrected chi connectivity index (χ2v) is 4.73. The number of aliphatic carboxylic acids is 1. The molecule has 0 heterocycles. The van der Waals surface area contributed by atoms with Crippen molar-refractivity contribution in [1.82, 2.24) is 5.32 Å². The predicted octanol–water partition coefficient (Wildman–Crippen LogP) is 1.51. The number of carbonyl (C=O) groups excluding carboxylic acids is 2. The molecule has 7 nitrogen and oxygen atoms in total. The van der Waals surface area contributed by atoms with Crippen molar-refractivity contribution in [3.8, 4) is 0 Å². The van der Waals surface area contributed by atoms with Gasteiger partial charge in [0.25, 0.3) is 5.91 Å². The van der Waals surface area contributed by atoms with Gasteiger partial charge in [0.15, 0.2) is 0 Å². The Balaban J connectivity index is 2.45. The van der Waals surface area contributed by atoms with Crippen LogP contribution in [0.3, 0.4) is 0 Å². The molecule has 0 aliphatic heterocycles. The van der Waals surface area contributed by atoms with Gasteiger partial charge < -0.3 is 15.2 Å². The van der Waals surface area contributed by atoms with Crippen molar-refractivity contribution in [3.05, 3.63) is 28.2 Å². The van der Waals surface area contributed by atoms with E-state index in [0.717, 1.165) is 5.56 Å². The van der Waals surface area contributed by atoms with Crippen LogP contribution >= 0.6 is 15.9 Å². The highest BCUT2D eigenvalue weighted by molar-refractivity contribution is 9.10. The van der Waals surface area contributed by atoms with Crippen molar-refractivity contribution in [2.75, 3.05) is 18.5 Å². The van der Waals surface area contributed by atoms with Crippen molar-refractivity contribution >= 4 is 39.5 Å². The average Bonchev–Trinajstić information content (AvgIpc) is 2.33. The number of nitrogens with one attached hydrogen (secondary N) is 2. The average molecular weight is 345 g/mol. The van der Waals surface area contributed by atoms with E-state index in [9.17, 15) is 14.4 Å². The van der Waals surface area contributed by atoms with E-state index in [1.165, 1.54) is 0 Å². The molecule has 8 heteroatoms. The van der Waals surface area contributed by atoms with Crippen LogP contribution in [0.4, 0.5) is 10.5 Å². The smallest absolute Gasteiger partial charge is 0.329 e. The lowest BCUT2D eigenvalue weighted by molar-refractivity contribution is -0.143. The summed E-state index contributed by atoms with van der Waals surface area (Å²) in [5, 5.41) is 12.8. The lowest BCUT2D eigenvalue weighted by Gasteiger charge is -2.09. The van der Waals surface area contributed by atoms with E-state index in [0.29, 0.717) is 10.2 Å².